The Labute approximate surface area is 172 Å². The standard InChI is InChI=1S/C16H28N4O2S2.HI/c1-12-7-8-13(23-12)24(21,22)19-10-9-18-14(17-6)20-11-15(2,3)16(20,4)5;/h7-8,19H,9-11H2,1-6H3,(H,17,18);1H. The lowest BCUT2D eigenvalue weighted by Gasteiger charge is -2.62. The van der Waals surface area contributed by atoms with Crippen LogP contribution in [0.4, 0.5) is 0 Å². The number of nitrogens with zero attached hydrogens (tertiary/aromatic N) is 2. The molecule has 0 atom stereocenters. The largest absolute Gasteiger partial charge is 0.355 e. The first-order valence-electron chi connectivity index (χ1n) is 8.06. The molecule has 0 spiro atoms. The molecule has 0 aromatic carbocycles. The highest BCUT2D eigenvalue weighted by molar-refractivity contribution is 14.0. The fourth-order valence-corrected chi connectivity index (χ4v) is 5.04. The molecule has 1 aliphatic rings. The molecule has 25 heavy (non-hydrogen) atoms. The van der Waals surface area contributed by atoms with Crippen molar-refractivity contribution in [1.29, 1.82) is 0 Å². The highest BCUT2D eigenvalue weighted by atomic mass is 127. The molecule has 1 aromatic rings. The van der Waals surface area contributed by atoms with E-state index in [1.54, 1.807) is 13.1 Å². The number of thiophene rings is 1. The highest BCUT2D eigenvalue weighted by Gasteiger charge is 2.53. The number of halogens is 1. The van der Waals surface area contributed by atoms with E-state index in [1.807, 2.05) is 13.0 Å². The van der Waals surface area contributed by atoms with Crippen LogP contribution in [0.3, 0.4) is 0 Å². The van der Waals surface area contributed by atoms with E-state index in [0.29, 0.717) is 17.3 Å². The summed E-state index contributed by atoms with van der Waals surface area (Å²) in [6.45, 7) is 12.5. The van der Waals surface area contributed by atoms with Crippen molar-refractivity contribution in [2.75, 3.05) is 26.7 Å². The zero-order valence-electron chi connectivity index (χ0n) is 15.7. The third-order valence-electron chi connectivity index (χ3n) is 5.03. The van der Waals surface area contributed by atoms with Crippen LogP contribution >= 0.6 is 35.3 Å². The molecule has 9 heteroatoms. The van der Waals surface area contributed by atoms with Gasteiger partial charge in [-0.15, -0.1) is 35.3 Å². The summed E-state index contributed by atoms with van der Waals surface area (Å²) in [6, 6.07) is 3.45. The molecule has 0 bridgehead atoms. The minimum Gasteiger partial charge on any atom is -0.355 e. The predicted molar refractivity (Wildman–Crippen MR) is 116 cm³/mol. The molecule has 144 valence electrons. The van der Waals surface area contributed by atoms with E-state index in [-0.39, 0.29) is 34.9 Å². The van der Waals surface area contributed by atoms with Gasteiger partial charge < -0.3 is 10.2 Å². The zero-order valence-corrected chi connectivity index (χ0v) is 19.7. The molecule has 0 aliphatic carbocycles. The van der Waals surface area contributed by atoms with Crippen molar-refractivity contribution in [3.8, 4) is 0 Å². The van der Waals surface area contributed by atoms with E-state index in [4.69, 9.17) is 0 Å². The molecule has 1 aromatic heterocycles. The maximum Gasteiger partial charge on any atom is 0.250 e. The van der Waals surface area contributed by atoms with Crippen LogP contribution in [0.2, 0.25) is 0 Å². The van der Waals surface area contributed by atoms with Crippen molar-refractivity contribution >= 4 is 51.3 Å². The average molecular weight is 500 g/mol. The summed E-state index contributed by atoms with van der Waals surface area (Å²) < 4.78 is 27.3. The smallest absolute Gasteiger partial charge is 0.250 e. The lowest BCUT2D eigenvalue weighted by Crippen LogP contribution is -2.72. The lowest BCUT2D eigenvalue weighted by atomic mass is 9.65. The van der Waals surface area contributed by atoms with Crippen LogP contribution < -0.4 is 10.0 Å². The maximum atomic E-state index is 12.2. The Kier molecular flexibility index (Phi) is 7.34. The SMILES string of the molecule is CN=C(NCCNS(=O)(=O)c1ccc(C)s1)N1CC(C)(C)C1(C)C.I. The molecule has 2 N–H and O–H groups in total. The molecule has 6 nitrogen and oxygen atoms in total. The van der Waals surface area contributed by atoms with E-state index in [0.717, 1.165) is 17.4 Å². The van der Waals surface area contributed by atoms with Crippen molar-refractivity contribution in [3.63, 3.8) is 0 Å². The van der Waals surface area contributed by atoms with Crippen LogP contribution in [-0.4, -0.2) is 51.5 Å². The van der Waals surface area contributed by atoms with Gasteiger partial charge in [0.25, 0.3) is 0 Å². The lowest BCUT2D eigenvalue weighted by molar-refractivity contribution is -0.0666. The Morgan fingerprint density at radius 1 is 1.28 bits per heavy atom. The summed E-state index contributed by atoms with van der Waals surface area (Å²) in [6.07, 6.45) is 0. The monoisotopic (exact) mass is 500 g/mol. The number of guanidine groups is 1. The molecular weight excluding hydrogens is 471 g/mol. The van der Waals surface area contributed by atoms with Crippen LogP contribution in [0.15, 0.2) is 21.3 Å². The Hall–Kier alpha value is -0.390. The number of aliphatic imine (C=N–C) groups is 1. The minimum absolute atomic E-state index is 0. The molecule has 0 amide bonds. The van der Waals surface area contributed by atoms with E-state index in [9.17, 15) is 8.42 Å². The first kappa shape index (κ1) is 22.7. The van der Waals surface area contributed by atoms with Crippen LogP contribution in [0.25, 0.3) is 0 Å². The van der Waals surface area contributed by atoms with Crippen molar-refractivity contribution in [2.45, 2.75) is 44.4 Å². The summed E-state index contributed by atoms with van der Waals surface area (Å²) in [5.41, 5.74) is 0.242. The normalized spacial score (nSPS) is 19.1. The van der Waals surface area contributed by atoms with Crippen molar-refractivity contribution < 1.29 is 8.42 Å². The fourth-order valence-electron chi connectivity index (χ4n) is 2.68. The molecule has 0 unspecified atom stereocenters. The number of sulfonamides is 1. The van der Waals surface area contributed by atoms with Crippen LogP contribution in [0.5, 0.6) is 0 Å². The Morgan fingerprint density at radius 2 is 1.92 bits per heavy atom. The first-order chi connectivity index (χ1) is 11.0. The molecule has 2 rings (SSSR count). The Balaban J connectivity index is 0.00000312. The second-order valence-electron chi connectivity index (χ2n) is 7.27. The topological polar surface area (TPSA) is 73.8 Å². The molecular formula is C16H29IN4O2S2. The van der Waals surface area contributed by atoms with Gasteiger partial charge in [-0.25, -0.2) is 13.1 Å². The van der Waals surface area contributed by atoms with Gasteiger partial charge in [-0.1, -0.05) is 13.8 Å². The van der Waals surface area contributed by atoms with Gasteiger partial charge in [0.05, 0.1) is 0 Å². The van der Waals surface area contributed by atoms with E-state index in [2.05, 4.69) is 47.6 Å². The summed E-state index contributed by atoms with van der Waals surface area (Å²) in [4.78, 5) is 7.53. The average Bonchev–Trinajstić information content (AvgIpc) is 2.93. The third-order valence-corrected chi connectivity index (χ3v) is 7.99. The fraction of sp³-hybridized carbons (Fsp3) is 0.688. The van der Waals surface area contributed by atoms with Crippen molar-refractivity contribution in [2.24, 2.45) is 10.4 Å². The summed E-state index contributed by atoms with van der Waals surface area (Å²) in [5.74, 6) is 0.811. The molecule has 1 fully saturated rings. The van der Waals surface area contributed by atoms with Gasteiger partial charge in [0.2, 0.25) is 10.0 Å². The predicted octanol–water partition coefficient (Wildman–Crippen LogP) is 2.65. The Bertz CT molecular complexity index is 726. The van der Waals surface area contributed by atoms with E-state index in [1.165, 1.54) is 11.3 Å². The second-order valence-corrected chi connectivity index (χ2v) is 10.5. The van der Waals surface area contributed by atoms with Crippen LogP contribution in [0, 0.1) is 12.3 Å². The van der Waals surface area contributed by atoms with Gasteiger partial charge in [-0.05, 0) is 32.9 Å². The van der Waals surface area contributed by atoms with Crippen LogP contribution in [-0.2, 0) is 10.0 Å². The first-order valence-corrected chi connectivity index (χ1v) is 10.4. The van der Waals surface area contributed by atoms with E-state index < -0.39 is 10.0 Å². The zero-order chi connectivity index (χ0) is 18.2. The summed E-state index contributed by atoms with van der Waals surface area (Å²) in [7, 11) is -1.67. The van der Waals surface area contributed by atoms with Crippen LogP contribution in [0.1, 0.15) is 32.6 Å². The van der Waals surface area contributed by atoms with Gasteiger partial charge in [0.1, 0.15) is 4.21 Å². The maximum absolute atomic E-state index is 12.2. The summed E-state index contributed by atoms with van der Waals surface area (Å²) >= 11 is 1.28. The number of likely N-dealkylation sites (tertiary alicyclic amines) is 1. The van der Waals surface area contributed by atoms with Crippen molar-refractivity contribution in [1.82, 2.24) is 14.9 Å². The highest BCUT2D eigenvalue weighted by Crippen LogP contribution is 2.46. The van der Waals surface area contributed by atoms with Gasteiger partial charge in [-0.3, -0.25) is 4.99 Å². The van der Waals surface area contributed by atoms with Gasteiger partial charge in [0.15, 0.2) is 5.96 Å². The quantitative estimate of drug-likeness (QED) is 0.282. The van der Waals surface area contributed by atoms with Gasteiger partial charge in [-0.2, -0.15) is 0 Å². The van der Waals surface area contributed by atoms with Crippen molar-refractivity contribution in [3.05, 3.63) is 17.0 Å². The molecule has 2 heterocycles. The van der Waals surface area contributed by atoms with E-state index >= 15 is 0 Å². The van der Waals surface area contributed by atoms with Gasteiger partial charge in [0, 0.05) is 42.5 Å². The number of aryl methyl sites for hydroxylation is 1. The third kappa shape index (κ3) is 4.67. The number of nitrogens with one attached hydrogen (secondary N) is 2. The number of hydrogen-bond donors (Lipinski definition) is 2. The molecule has 0 saturated carbocycles. The second kappa shape index (κ2) is 8.10. The number of hydrogen-bond acceptors (Lipinski definition) is 4. The van der Waals surface area contributed by atoms with Gasteiger partial charge >= 0.3 is 0 Å². The molecule has 0 radical (unpaired) electrons. The number of rotatable bonds is 5. The Morgan fingerprint density at radius 3 is 2.36 bits per heavy atom. The minimum atomic E-state index is -3.42. The molecule has 1 saturated heterocycles. The molecule has 1 aliphatic heterocycles. The summed E-state index contributed by atoms with van der Waals surface area (Å²) in [5, 5.41) is 3.25.